The number of rotatable bonds is 3. The third-order valence-corrected chi connectivity index (χ3v) is 5.36. The molecule has 1 amide bonds. The van der Waals surface area contributed by atoms with Crippen molar-refractivity contribution < 1.29 is 4.79 Å². The van der Waals surface area contributed by atoms with Crippen molar-refractivity contribution in [1.82, 2.24) is 4.98 Å². The molecule has 0 fully saturated rings. The molecule has 0 saturated carbocycles. The third kappa shape index (κ3) is 2.89. The number of hydrogen-bond donors (Lipinski definition) is 0. The maximum Gasteiger partial charge on any atom is 0.273 e. The van der Waals surface area contributed by atoms with Crippen LogP contribution in [0.3, 0.4) is 0 Å². The Hall–Kier alpha value is -2.98. The summed E-state index contributed by atoms with van der Waals surface area (Å²) in [6, 6.07) is 21.7. The van der Waals surface area contributed by atoms with E-state index in [1.807, 2.05) is 86.0 Å². The molecule has 0 spiro atoms. The smallest absolute Gasteiger partial charge is 0.273 e. The number of pyridine rings is 1. The summed E-state index contributed by atoms with van der Waals surface area (Å²) < 4.78 is 0. The number of para-hydroxylation sites is 2. The molecule has 3 nitrogen and oxygen atoms in total. The van der Waals surface area contributed by atoms with Crippen LogP contribution < -0.4 is 4.90 Å². The number of benzene rings is 2. The molecule has 26 heavy (non-hydrogen) atoms. The minimum absolute atomic E-state index is 0.0282. The van der Waals surface area contributed by atoms with Crippen molar-refractivity contribution in [3.8, 4) is 0 Å². The molecule has 4 aromatic rings. The predicted octanol–water partition coefficient (Wildman–Crippen LogP) is 5.89. The highest BCUT2D eigenvalue weighted by atomic mass is 32.1. The number of nitrogens with zero attached hydrogens (tertiary/aromatic N) is 2. The molecule has 0 atom stereocenters. The normalized spacial score (nSPS) is 10.8. The van der Waals surface area contributed by atoms with Crippen molar-refractivity contribution in [2.24, 2.45) is 0 Å². The average molecular weight is 358 g/mol. The van der Waals surface area contributed by atoms with E-state index in [1.54, 1.807) is 4.90 Å². The average Bonchev–Trinajstić information content (AvgIpc) is 3.09. The van der Waals surface area contributed by atoms with E-state index < -0.39 is 0 Å². The lowest BCUT2D eigenvalue weighted by molar-refractivity contribution is 0.100. The molecule has 0 N–H and O–H groups in total. The Bertz CT molecular complexity index is 1090. The predicted molar refractivity (Wildman–Crippen MR) is 108 cm³/mol. The summed E-state index contributed by atoms with van der Waals surface area (Å²) in [5, 5.41) is 2.97. The number of hydrogen-bond acceptors (Lipinski definition) is 3. The first-order chi connectivity index (χ1) is 12.6. The number of aromatic nitrogens is 1. The van der Waals surface area contributed by atoms with E-state index in [1.165, 1.54) is 11.3 Å². The largest absolute Gasteiger partial charge is 0.274 e. The summed E-state index contributed by atoms with van der Waals surface area (Å²) in [6.07, 6.45) is 0. The number of amides is 1. The van der Waals surface area contributed by atoms with Crippen molar-refractivity contribution in [3.63, 3.8) is 0 Å². The lowest BCUT2D eigenvalue weighted by atomic mass is 10.1. The van der Waals surface area contributed by atoms with E-state index in [4.69, 9.17) is 4.98 Å². The van der Waals surface area contributed by atoms with Gasteiger partial charge in [-0.25, -0.2) is 0 Å². The summed E-state index contributed by atoms with van der Waals surface area (Å²) >= 11 is 1.47. The second-order valence-corrected chi connectivity index (χ2v) is 7.13. The lowest BCUT2D eigenvalue weighted by Gasteiger charge is -2.24. The molecule has 0 saturated heterocycles. The van der Waals surface area contributed by atoms with E-state index in [9.17, 15) is 4.79 Å². The highest BCUT2D eigenvalue weighted by Gasteiger charge is 2.24. The zero-order valence-corrected chi connectivity index (χ0v) is 15.5. The number of carbonyl (C=O) groups excluding carboxylic acids is 1. The molecule has 128 valence electrons. The van der Waals surface area contributed by atoms with Gasteiger partial charge in [-0.2, -0.15) is 0 Å². The minimum atomic E-state index is -0.0282. The quantitative estimate of drug-likeness (QED) is 0.457. The molecule has 0 aliphatic carbocycles. The molecule has 2 aromatic heterocycles. The van der Waals surface area contributed by atoms with Gasteiger partial charge < -0.3 is 0 Å². The number of carbonyl (C=O) groups is 1. The fourth-order valence-corrected chi connectivity index (χ4v) is 3.90. The lowest BCUT2D eigenvalue weighted by Crippen LogP contribution is -2.26. The Morgan fingerprint density at radius 2 is 1.73 bits per heavy atom. The van der Waals surface area contributed by atoms with Crippen molar-refractivity contribution in [3.05, 3.63) is 88.2 Å². The first kappa shape index (κ1) is 16.5. The molecule has 0 radical (unpaired) electrons. The topological polar surface area (TPSA) is 33.2 Å². The molecule has 0 aliphatic heterocycles. The fraction of sp³-hybridized carbons (Fsp3) is 0.0909. The maximum absolute atomic E-state index is 13.5. The third-order valence-electron chi connectivity index (χ3n) is 4.35. The molecule has 0 bridgehead atoms. The summed E-state index contributed by atoms with van der Waals surface area (Å²) in [6.45, 7) is 3.94. The van der Waals surface area contributed by atoms with E-state index in [2.05, 4.69) is 0 Å². The van der Waals surface area contributed by atoms with Crippen molar-refractivity contribution in [1.29, 1.82) is 0 Å². The van der Waals surface area contributed by atoms with Crippen LogP contribution in [0.15, 0.2) is 72.1 Å². The van der Waals surface area contributed by atoms with Gasteiger partial charge in [0, 0.05) is 16.8 Å². The van der Waals surface area contributed by atoms with E-state index >= 15 is 0 Å². The van der Waals surface area contributed by atoms with Gasteiger partial charge in [-0.3, -0.25) is 14.7 Å². The zero-order chi connectivity index (χ0) is 18.1. The van der Waals surface area contributed by atoms with Crippen LogP contribution in [0, 0.1) is 13.8 Å². The van der Waals surface area contributed by atoms with Gasteiger partial charge in [0.2, 0.25) is 0 Å². The summed E-state index contributed by atoms with van der Waals surface area (Å²) in [5.74, 6) is -0.0282. The Morgan fingerprint density at radius 1 is 0.923 bits per heavy atom. The van der Waals surface area contributed by atoms with Crippen LogP contribution in [0.25, 0.3) is 10.9 Å². The van der Waals surface area contributed by atoms with Gasteiger partial charge in [-0.15, -0.1) is 11.3 Å². The maximum atomic E-state index is 13.5. The number of anilines is 2. The first-order valence-corrected chi connectivity index (χ1v) is 9.33. The molecule has 2 aromatic carbocycles. The number of aryl methyl sites for hydroxylation is 2. The molecule has 0 aliphatic rings. The van der Waals surface area contributed by atoms with Crippen LogP contribution in [0.4, 0.5) is 11.4 Å². The van der Waals surface area contributed by atoms with Crippen molar-refractivity contribution in [2.75, 3.05) is 4.90 Å². The summed E-state index contributed by atoms with van der Waals surface area (Å²) in [4.78, 5) is 20.7. The Morgan fingerprint density at radius 3 is 2.46 bits per heavy atom. The highest BCUT2D eigenvalue weighted by Crippen LogP contribution is 2.34. The van der Waals surface area contributed by atoms with Crippen LogP contribution in [0.5, 0.6) is 0 Å². The molecule has 0 unspecified atom stereocenters. The molecule has 4 rings (SSSR count). The van der Waals surface area contributed by atoms with Gasteiger partial charge in [-0.1, -0.05) is 36.4 Å². The molecule has 2 heterocycles. The Labute approximate surface area is 156 Å². The second-order valence-electron chi connectivity index (χ2n) is 6.21. The monoisotopic (exact) mass is 358 g/mol. The summed E-state index contributed by atoms with van der Waals surface area (Å²) in [5.41, 5.74) is 4.39. The highest BCUT2D eigenvalue weighted by molar-refractivity contribution is 7.12. The van der Waals surface area contributed by atoms with Gasteiger partial charge in [0.25, 0.3) is 5.91 Å². The number of thiophene rings is 1. The molecular formula is C22H18N2OS. The van der Waals surface area contributed by atoms with Crippen molar-refractivity contribution in [2.45, 2.75) is 13.8 Å². The van der Waals surface area contributed by atoms with E-state index in [-0.39, 0.29) is 5.91 Å². The van der Waals surface area contributed by atoms with Gasteiger partial charge in [0.15, 0.2) is 0 Å². The van der Waals surface area contributed by atoms with Crippen LogP contribution >= 0.6 is 11.3 Å². The van der Waals surface area contributed by atoms with Crippen LogP contribution in [0.1, 0.15) is 20.9 Å². The zero-order valence-electron chi connectivity index (χ0n) is 14.6. The van der Waals surface area contributed by atoms with Gasteiger partial charge >= 0.3 is 0 Å². The van der Waals surface area contributed by atoms with Crippen LogP contribution in [-0.2, 0) is 0 Å². The minimum Gasteiger partial charge on any atom is -0.274 e. The first-order valence-electron chi connectivity index (χ1n) is 8.45. The summed E-state index contributed by atoms with van der Waals surface area (Å²) in [7, 11) is 0. The Balaban J connectivity index is 1.96. The van der Waals surface area contributed by atoms with Crippen LogP contribution in [-0.4, -0.2) is 10.9 Å². The van der Waals surface area contributed by atoms with E-state index in [0.717, 1.165) is 38.4 Å². The standard InChI is InChI=1S/C22H18N2OS/c1-15-13-14-26-21(15)22(25)24(18-8-4-3-5-9-18)19-10-6-7-17-12-11-16(2)23-20(17)19/h3-14H,1-2H3. The molecular weight excluding hydrogens is 340 g/mol. The van der Waals surface area contributed by atoms with Gasteiger partial charge in [-0.05, 0) is 55.1 Å². The van der Waals surface area contributed by atoms with Gasteiger partial charge in [0.1, 0.15) is 0 Å². The number of fused-ring (bicyclic) bond motifs is 1. The molecule has 4 heteroatoms. The Kier molecular flexibility index (Phi) is 4.27. The van der Waals surface area contributed by atoms with Crippen molar-refractivity contribution >= 4 is 39.5 Å². The fourth-order valence-electron chi connectivity index (χ4n) is 3.05. The second kappa shape index (κ2) is 6.73. The van der Waals surface area contributed by atoms with E-state index in [0.29, 0.717) is 0 Å². The van der Waals surface area contributed by atoms with Gasteiger partial charge in [0.05, 0.1) is 16.1 Å². The SMILES string of the molecule is Cc1ccc2cccc(N(C(=O)c3sccc3C)c3ccccc3)c2n1. The van der Waals surface area contributed by atoms with Crippen LogP contribution in [0.2, 0.25) is 0 Å².